The number of benzene rings is 1. The highest BCUT2D eigenvalue weighted by atomic mass is 32.2. The van der Waals surface area contributed by atoms with E-state index in [9.17, 15) is 5.11 Å². The largest absolute Gasteiger partial charge is 0.388 e. The van der Waals surface area contributed by atoms with Gasteiger partial charge in [0.15, 0.2) is 0 Å². The van der Waals surface area contributed by atoms with Crippen LogP contribution in [0, 0.1) is 0 Å². The molecule has 0 saturated carbocycles. The predicted molar refractivity (Wildman–Crippen MR) is 71.0 cm³/mol. The summed E-state index contributed by atoms with van der Waals surface area (Å²) in [6.45, 7) is 3.08. The van der Waals surface area contributed by atoms with Gasteiger partial charge in [-0.15, -0.1) is 11.8 Å². The third-order valence-electron chi connectivity index (χ3n) is 2.46. The fourth-order valence-electron chi connectivity index (χ4n) is 1.37. The molecule has 0 bridgehead atoms. The zero-order valence-corrected chi connectivity index (χ0v) is 11.1. The van der Waals surface area contributed by atoms with Crippen LogP contribution in [-0.2, 0) is 0 Å². The van der Waals surface area contributed by atoms with Crippen molar-refractivity contribution in [3.63, 3.8) is 0 Å². The summed E-state index contributed by atoms with van der Waals surface area (Å²) in [4.78, 5) is 3.45. The molecule has 0 amide bonds. The van der Waals surface area contributed by atoms with Crippen molar-refractivity contribution in [3.8, 4) is 0 Å². The van der Waals surface area contributed by atoms with Gasteiger partial charge in [0.2, 0.25) is 0 Å². The molecule has 0 saturated heterocycles. The van der Waals surface area contributed by atoms with E-state index < -0.39 is 0 Å². The van der Waals surface area contributed by atoms with Crippen molar-refractivity contribution in [1.29, 1.82) is 0 Å². The third-order valence-corrected chi connectivity index (χ3v) is 3.45. The molecule has 2 nitrogen and oxygen atoms in total. The van der Waals surface area contributed by atoms with E-state index in [0.717, 1.165) is 24.3 Å². The van der Waals surface area contributed by atoms with Gasteiger partial charge in [-0.25, -0.2) is 0 Å². The van der Waals surface area contributed by atoms with E-state index in [1.165, 1.54) is 4.90 Å². The molecule has 90 valence electrons. The summed E-state index contributed by atoms with van der Waals surface area (Å²) in [7, 11) is 4.17. The Kier molecular flexibility index (Phi) is 5.88. The molecule has 0 aromatic heterocycles. The second-order valence-electron chi connectivity index (χ2n) is 4.14. The Morgan fingerprint density at radius 2 is 1.88 bits per heavy atom. The zero-order chi connectivity index (χ0) is 12.0. The molecule has 0 radical (unpaired) electrons. The van der Waals surface area contributed by atoms with E-state index in [2.05, 4.69) is 31.1 Å². The quantitative estimate of drug-likeness (QED) is 0.772. The first-order valence-corrected chi connectivity index (χ1v) is 6.67. The van der Waals surface area contributed by atoms with Crippen LogP contribution in [-0.4, -0.2) is 36.4 Å². The molecule has 0 unspecified atom stereocenters. The van der Waals surface area contributed by atoms with E-state index >= 15 is 0 Å². The first-order valence-electron chi connectivity index (χ1n) is 5.69. The SMILES string of the molecule is CC[C@@H](O)c1ccc(SCCN(C)C)cc1. The summed E-state index contributed by atoms with van der Waals surface area (Å²) in [5.74, 6) is 1.10. The number of rotatable bonds is 6. The Morgan fingerprint density at radius 3 is 2.38 bits per heavy atom. The maximum absolute atomic E-state index is 9.66. The van der Waals surface area contributed by atoms with E-state index in [1.807, 2.05) is 30.8 Å². The van der Waals surface area contributed by atoms with Gasteiger partial charge in [-0.2, -0.15) is 0 Å². The van der Waals surface area contributed by atoms with E-state index in [1.54, 1.807) is 0 Å². The summed E-state index contributed by atoms with van der Waals surface area (Å²) < 4.78 is 0. The normalized spacial score (nSPS) is 13.1. The molecule has 1 aromatic rings. The van der Waals surface area contributed by atoms with Gasteiger partial charge in [0.05, 0.1) is 6.10 Å². The number of hydrogen-bond donors (Lipinski definition) is 1. The highest BCUT2D eigenvalue weighted by molar-refractivity contribution is 7.99. The number of hydrogen-bond acceptors (Lipinski definition) is 3. The molecule has 1 rings (SSSR count). The molecule has 0 aliphatic rings. The smallest absolute Gasteiger partial charge is 0.0787 e. The third kappa shape index (κ3) is 4.56. The van der Waals surface area contributed by atoms with Gasteiger partial charge in [0.25, 0.3) is 0 Å². The Morgan fingerprint density at radius 1 is 1.25 bits per heavy atom. The summed E-state index contributed by atoms with van der Waals surface area (Å²) in [6.07, 6.45) is 0.452. The number of thioether (sulfide) groups is 1. The van der Waals surface area contributed by atoms with Crippen molar-refractivity contribution < 1.29 is 5.11 Å². The van der Waals surface area contributed by atoms with Gasteiger partial charge >= 0.3 is 0 Å². The Labute approximate surface area is 103 Å². The Bertz CT molecular complexity index is 297. The first kappa shape index (κ1) is 13.6. The highest BCUT2D eigenvalue weighted by Gasteiger charge is 2.04. The number of aliphatic hydroxyl groups excluding tert-OH is 1. The molecule has 1 N–H and O–H groups in total. The minimum Gasteiger partial charge on any atom is -0.388 e. The van der Waals surface area contributed by atoms with Gasteiger partial charge in [-0.1, -0.05) is 19.1 Å². The molecular weight excluding hydrogens is 218 g/mol. The summed E-state index contributed by atoms with van der Waals surface area (Å²) in [5, 5.41) is 9.66. The van der Waals surface area contributed by atoms with Gasteiger partial charge in [0, 0.05) is 17.2 Å². The average molecular weight is 239 g/mol. The van der Waals surface area contributed by atoms with Crippen molar-refractivity contribution in [2.45, 2.75) is 24.3 Å². The minimum absolute atomic E-state index is 0.319. The highest BCUT2D eigenvalue weighted by Crippen LogP contribution is 2.22. The predicted octanol–water partition coefficient (Wildman–Crippen LogP) is 2.78. The summed E-state index contributed by atoms with van der Waals surface area (Å²) in [5.41, 5.74) is 1.01. The van der Waals surface area contributed by atoms with Crippen LogP contribution in [0.2, 0.25) is 0 Å². The lowest BCUT2D eigenvalue weighted by Gasteiger charge is -2.10. The van der Waals surface area contributed by atoms with Crippen molar-refractivity contribution in [2.24, 2.45) is 0 Å². The van der Waals surface area contributed by atoms with Gasteiger partial charge in [0.1, 0.15) is 0 Å². The molecule has 16 heavy (non-hydrogen) atoms. The van der Waals surface area contributed by atoms with E-state index in [-0.39, 0.29) is 6.10 Å². The standard InChI is InChI=1S/C13H21NOS/c1-4-13(15)11-5-7-12(8-6-11)16-10-9-14(2)3/h5-8,13,15H,4,9-10H2,1-3H3/t13-/m1/s1. The molecular formula is C13H21NOS. The molecule has 0 spiro atoms. The molecule has 1 atom stereocenters. The fraction of sp³-hybridized carbons (Fsp3) is 0.538. The van der Waals surface area contributed by atoms with Crippen molar-refractivity contribution in [3.05, 3.63) is 29.8 Å². The topological polar surface area (TPSA) is 23.5 Å². The minimum atomic E-state index is -0.319. The maximum Gasteiger partial charge on any atom is 0.0787 e. The van der Waals surface area contributed by atoms with Gasteiger partial charge < -0.3 is 10.0 Å². The van der Waals surface area contributed by atoms with E-state index in [0.29, 0.717) is 0 Å². The van der Waals surface area contributed by atoms with Crippen LogP contribution in [0.5, 0.6) is 0 Å². The molecule has 0 fully saturated rings. The van der Waals surface area contributed by atoms with Crippen LogP contribution in [0.1, 0.15) is 25.0 Å². The van der Waals surface area contributed by atoms with Gasteiger partial charge in [-0.05, 0) is 38.2 Å². The lowest BCUT2D eigenvalue weighted by Crippen LogP contribution is -2.14. The summed E-state index contributed by atoms with van der Waals surface area (Å²) in [6, 6.07) is 8.22. The zero-order valence-electron chi connectivity index (χ0n) is 10.3. The van der Waals surface area contributed by atoms with Crippen LogP contribution in [0.4, 0.5) is 0 Å². The maximum atomic E-state index is 9.66. The van der Waals surface area contributed by atoms with Crippen LogP contribution < -0.4 is 0 Å². The van der Waals surface area contributed by atoms with Gasteiger partial charge in [-0.3, -0.25) is 0 Å². The van der Waals surface area contributed by atoms with Crippen molar-refractivity contribution in [1.82, 2.24) is 4.90 Å². The fourth-order valence-corrected chi connectivity index (χ4v) is 2.39. The molecule has 0 heterocycles. The lowest BCUT2D eigenvalue weighted by molar-refractivity contribution is 0.173. The number of nitrogens with zero attached hydrogens (tertiary/aromatic N) is 1. The molecule has 3 heteroatoms. The average Bonchev–Trinajstić information content (AvgIpc) is 2.28. The lowest BCUT2D eigenvalue weighted by atomic mass is 10.1. The first-order chi connectivity index (χ1) is 7.63. The van der Waals surface area contributed by atoms with Crippen molar-refractivity contribution in [2.75, 3.05) is 26.4 Å². The second kappa shape index (κ2) is 6.94. The molecule has 0 aliphatic heterocycles. The molecule has 0 aliphatic carbocycles. The van der Waals surface area contributed by atoms with E-state index in [4.69, 9.17) is 0 Å². The number of aliphatic hydroxyl groups is 1. The second-order valence-corrected chi connectivity index (χ2v) is 5.31. The van der Waals surface area contributed by atoms with Crippen LogP contribution in [0.15, 0.2) is 29.2 Å². The molecule has 1 aromatic carbocycles. The van der Waals surface area contributed by atoms with Crippen LogP contribution in [0.25, 0.3) is 0 Å². The Balaban J connectivity index is 2.45. The Hall–Kier alpha value is -0.510. The van der Waals surface area contributed by atoms with Crippen molar-refractivity contribution >= 4 is 11.8 Å². The summed E-state index contributed by atoms with van der Waals surface area (Å²) >= 11 is 1.85. The van der Waals surface area contributed by atoms with Crippen LogP contribution in [0.3, 0.4) is 0 Å². The monoisotopic (exact) mass is 239 g/mol. The van der Waals surface area contributed by atoms with Crippen LogP contribution >= 0.6 is 11.8 Å².